The lowest BCUT2D eigenvalue weighted by Gasteiger charge is -2.22. The van der Waals surface area contributed by atoms with Gasteiger partial charge in [0.25, 0.3) is 5.56 Å². The standard InChI is InChI=1S/C15H19ClFN3O/c1-5-19-13(15(2,3)4)12(18)14(21)20(19)9-6-7-10(16)11(17)8-9/h6-8H,5,18H2,1-4H3. The monoisotopic (exact) mass is 311 g/mol. The molecule has 0 spiro atoms. The van der Waals surface area contributed by atoms with Crippen LogP contribution in [0.1, 0.15) is 33.4 Å². The molecule has 2 rings (SSSR count). The molecule has 0 aliphatic heterocycles. The average Bonchev–Trinajstić information content (AvgIpc) is 2.65. The molecule has 0 aliphatic carbocycles. The van der Waals surface area contributed by atoms with Gasteiger partial charge in [-0.25, -0.2) is 9.07 Å². The van der Waals surface area contributed by atoms with Crippen LogP contribution in [0.15, 0.2) is 23.0 Å². The fraction of sp³-hybridized carbons (Fsp3) is 0.400. The number of halogens is 2. The van der Waals surface area contributed by atoms with E-state index >= 15 is 0 Å². The van der Waals surface area contributed by atoms with Crippen molar-refractivity contribution >= 4 is 17.3 Å². The Morgan fingerprint density at radius 1 is 1.33 bits per heavy atom. The van der Waals surface area contributed by atoms with E-state index in [1.165, 1.54) is 16.8 Å². The van der Waals surface area contributed by atoms with E-state index < -0.39 is 5.82 Å². The maximum absolute atomic E-state index is 13.7. The van der Waals surface area contributed by atoms with Crippen LogP contribution in [0.5, 0.6) is 0 Å². The summed E-state index contributed by atoms with van der Waals surface area (Å²) >= 11 is 5.70. The van der Waals surface area contributed by atoms with Crippen LogP contribution in [0.25, 0.3) is 5.69 Å². The van der Waals surface area contributed by atoms with Gasteiger partial charge in [0.1, 0.15) is 11.5 Å². The van der Waals surface area contributed by atoms with Crippen LogP contribution in [-0.2, 0) is 12.0 Å². The van der Waals surface area contributed by atoms with Gasteiger partial charge in [-0.05, 0) is 19.1 Å². The first kappa shape index (κ1) is 15.6. The quantitative estimate of drug-likeness (QED) is 0.925. The Hall–Kier alpha value is -1.75. The van der Waals surface area contributed by atoms with Crippen molar-refractivity contribution in [3.63, 3.8) is 0 Å². The molecule has 0 aliphatic rings. The molecular formula is C15H19ClFN3O. The summed E-state index contributed by atoms with van der Waals surface area (Å²) in [5, 5.41) is 0.0189. The number of hydrogen-bond donors (Lipinski definition) is 1. The van der Waals surface area contributed by atoms with E-state index in [0.29, 0.717) is 12.2 Å². The smallest absolute Gasteiger partial charge is 0.294 e. The molecule has 114 valence electrons. The molecule has 0 radical (unpaired) electrons. The van der Waals surface area contributed by atoms with E-state index in [0.717, 1.165) is 5.69 Å². The van der Waals surface area contributed by atoms with Crippen LogP contribution < -0.4 is 11.3 Å². The molecule has 0 amide bonds. The molecule has 0 saturated carbocycles. The summed E-state index contributed by atoms with van der Waals surface area (Å²) in [7, 11) is 0. The van der Waals surface area contributed by atoms with Crippen LogP contribution >= 0.6 is 11.6 Å². The Bertz CT molecular complexity index is 741. The lowest BCUT2D eigenvalue weighted by molar-refractivity contribution is 0.469. The molecule has 2 aromatic rings. The lowest BCUT2D eigenvalue weighted by Crippen LogP contribution is -2.24. The molecule has 1 aromatic carbocycles. The molecule has 1 aromatic heterocycles. The predicted molar refractivity (Wildman–Crippen MR) is 83.8 cm³/mol. The Morgan fingerprint density at radius 2 is 1.95 bits per heavy atom. The third-order valence-electron chi connectivity index (χ3n) is 3.34. The molecule has 0 unspecified atom stereocenters. The van der Waals surface area contributed by atoms with Crippen molar-refractivity contribution in [1.29, 1.82) is 0 Å². The van der Waals surface area contributed by atoms with E-state index in [9.17, 15) is 9.18 Å². The molecule has 0 saturated heterocycles. The maximum atomic E-state index is 13.7. The molecule has 4 nitrogen and oxygen atoms in total. The lowest BCUT2D eigenvalue weighted by atomic mass is 9.91. The van der Waals surface area contributed by atoms with Crippen LogP contribution in [-0.4, -0.2) is 9.36 Å². The van der Waals surface area contributed by atoms with Crippen molar-refractivity contribution in [2.45, 2.75) is 39.7 Å². The maximum Gasteiger partial charge on any atom is 0.294 e. The number of hydrogen-bond acceptors (Lipinski definition) is 2. The number of nitrogens with two attached hydrogens (primary N) is 1. The fourth-order valence-corrected chi connectivity index (χ4v) is 2.65. The fourth-order valence-electron chi connectivity index (χ4n) is 2.53. The highest BCUT2D eigenvalue weighted by Crippen LogP contribution is 2.28. The molecule has 2 N–H and O–H groups in total. The van der Waals surface area contributed by atoms with Crippen molar-refractivity contribution in [2.75, 3.05) is 5.73 Å². The van der Waals surface area contributed by atoms with Gasteiger partial charge in [-0.15, -0.1) is 0 Å². The van der Waals surface area contributed by atoms with Crippen molar-refractivity contribution in [1.82, 2.24) is 9.36 Å². The second kappa shape index (κ2) is 5.22. The summed E-state index contributed by atoms with van der Waals surface area (Å²) in [5.41, 5.74) is 6.70. The average molecular weight is 312 g/mol. The first-order chi connectivity index (χ1) is 9.68. The van der Waals surface area contributed by atoms with Crippen molar-refractivity contribution in [3.05, 3.63) is 45.1 Å². The molecule has 1 heterocycles. The van der Waals surface area contributed by atoms with Gasteiger partial charge in [0.15, 0.2) is 0 Å². The van der Waals surface area contributed by atoms with Crippen molar-refractivity contribution < 1.29 is 4.39 Å². The van der Waals surface area contributed by atoms with Gasteiger partial charge in [0.2, 0.25) is 0 Å². The van der Waals surface area contributed by atoms with Crippen molar-refractivity contribution in [3.8, 4) is 5.69 Å². The molecule has 6 heteroatoms. The number of rotatable bonds is 2. The third kappa shape index (κ3) is 2.58. The number of nitrogen functional groups attached to an aromatic ring is 1. The van der Waals surface area contributed by atoms with E-state index in [1.54, 1.807) is 10.7 Å². The highest BCUT2D eigenvalue weighted by Gasteiger charge is 2.27. The van der Waals surface area contributed by atoms with Crippen LogP contribution in [0.2, 0.25) is 5.02 Å². The number of benzene rings is 1. The Morgan fingerprint density at radius 3 is 2.43 bits per heavy atom. The Kier molecular flexibility index (Phi) is 3.89. The second-order valence-corrected chi connectivity index (χ2v) is 6.35. The van der Waals surface area contributed by atoms with E-state index in [-0.39, 0.29) is 21.7 Å². The predicted octanol–water partition coefficient (Wildman–Crippen LogP) is 3.33. The first-order valence-corrected chi connectivity index (χ1v) is 7.13. The SMILES string of the molecule is CCn1c(C(C)(C)C)c(N)c(=O)n1-c1ccc(Cl)c(F)c1. The summed E-state index contributed by atoms with van der Waals surface area (Å²) in [4.78, 5) is 12.5. The second-order valence-electron chi connectivity index (χ2n) is 5.94. The number of nitrogens with zero attached hydrogens (tertiary/aromatic N) is 2. The highest BCUT2D eigenvalue weighted by molar-refractivity contribution is 6.30. The molecule has 0 atom stereocenters. The Balaban J connectivity index is 2.81. The first-order valence-electron chi connectivity index (χ1n) is 6.75. The summed E-state index contributed by atoms with van der Waals surface area (Å²) in [6, 6.07) is 4.27. The van der Waals surface area contributed by atoms with Gasteiger partial charge >= 0.3 is 0 Å². The van der Waals surface area contributed by atoms with E-state index in [4.69, 9.17) is 17.3 Å². The van der Waals surface area contributed by atoms with E-state index in [1.807, 2.05) is 27.7 Å². The molecule has 21 heavy (non-hydrogen) atoms. The van der Waals surface area contributed by atoms with Crippen LogP contribution in [0.3, 0.4) is 0 Å². The minimum Gasteiger partial charge on any atom is -0.393 e. The van der Waals surface area contributed by atoms with Gasteiger partial charge in [-0.3, -0.25) is 9.48 Å². The normalized spacial score (nSPS) is 11.9. The van der Waals surface area contributed by atoms with Crippen molar-refractivity contribution in [2.24, 2.45) is 0 Å². The zero-order valence-corrected chi connectivity index (χ0v) is 13.3. The van der Waals surface area contributed by atoms with Crippen LogP contribution in [0, 0.1) is 5.82 Å². The van der Waals surface area contributed by atoms with E-state index in [2.05, 4.69) is 0 Å². The largest absolute Gasteiger partial charge is 0.393 e. The van der Waals surface area contributed by atoms with Gasteiger partial charge in [-0.2, -0.15) is 0 Å². The molecule has 0 fully saturated rings. The van der Waals surface area contributed by atoms with Crippen LogP contribution in [0.4, 0.5) is 10.1 Å². The van der Waals surface area contributed by atoms with Gasteiger partial charge in [-0.1, -0.05) is 32.4 Å². The van der Waals surface area contributed by atoms with Gasteiger partial charge in [0.05, 0.1) is 16.4 Å². The molecular weight excluding hydrogens is 293 g/mol. The zero-order valence-electron chi connectivity index (χ0n) is 12.6. The summed E-state index contributed by atoms with van der Waals surface area (Å²) in [6.45, 7) is 8.41. The highest BCUT2D eigenvalue weighted by atomic mass is 35.5. The Labute approximate surface area is 127 Å². The number of aromatic nitrogens is 2. The third-order valence-corrected chi connectivity index (χ3v) is 3.64. The summed E-state index contributed by atoms with van der Waals surface area (Å²) in [5.74, 6) is -0.569. The molecule has 0 bridgehead atoms. The van der Waals surface area contributed by atoms with Gasteiger partial charge < -0.3 is 5.73 Å². The minimum atomic E-state index is -0.569. The summed E-state index contributed by atoms with van der Waals surface area (Å²) < 4.78 is 16.9. The topological polar surface area (TPSA) is 52.9 Å². The van der Waals surface area contributed by atoms with Gasteiger partial charge in [0, 0.05) is 18.0 Å². The summed E-state index contributed by atoms with van der Waals surface area (Å²) in [6.07, 6.45) is 0. The number of anilines is 1. The minimum absolute atomic E-state index is 0.0189. The zero-order chi connectivity index (χ0) is 15.9.